The van der Waals surface area contributed by atoms with Crippen LogP contribution in [0.25, 0.3) is 0 Å². The van der Waals surface area contributed by atoms with Gasteiger partial charge in [0.15, 0.2) is 0 Å². The highest BCUT2D eigenvalue weighted by molar-refractivity contribution is 8.00. The summed E-state index contributed by atoms with van der Waals surface area (Å²) in [6.45, 7) is 6.16. The zero-order valence-electron chi connectivity index (χ0n) is 12.2. The molecule has 1 N–H and O–H groups in total. The van der Waals surface area contributed by atoms with Crippen molar-refractivity contribution >= 4 is 17.7 Å². The molecule has 1 aromatic rings. The number of unbranched alkanes of at least 4 members (excludes halogenated alkanes) is 3. The minimum atomic E-state index is -0.772. The molecule has 110 valence electrons. The molecule has 0 radical (unpaired) electrons. The van der Waals surface area contributed by atoms with Crippen molar-refractivity contribution in [3.05, 3.63) is 48.0 Å². The van der Waals surface area contributed by atoms with Crippen LogP contribution in [0.5, 0.6) is 0 Å². The zero-order chi connectivity index (χ0) is 14.8. The number of benzene rings is 1. The lowest BCUT2D eigenvalue weighted by Crippen LogP contribution is -2.18. The third-order valence-corrected chi connectivity index (χ3v) is 4.57. The molecule has 20 heavy (non-hydrogen) atoms. The van der Waals surface area contributed by atoms with Gasteiger partial charge in [-0.2, -0.15) is 0 Å². The standard InChI is InChI=1S/C17H24O2S/c1-3-4-5-7-10-14(2)16(17(18)19)20-13-15-11-8-6-9-12-15/h6,8-9,11-12,16H,2-5,7,10,13H2,1H3,(H,18,19). The summed E-state index contributed by atoms with van der Waals surface area (Å²) in [6, 6.07) is 9.97. The molecule has 1 unspecified atom stereocenters. The van der Waals surface area contributed by atoms with Gasteiger partial charge in [-0.3, -0.25) is 4.79 Å². The van der Waals surface area contributed by atoms with Gasteiger partial charge in [-0.1, -0.05) is 68.7 Å². The summed E-state index contributed by atoms with van der Waals surface area (Å²) in [5, 5.41) is 8.85. The molecule has 0 saturated heterocycles. The lowest BCUT2D eigenvalue weighted by Gasteiger charge is -2.15. The number of thioether (sulfide) groups is 1. The average Bonchev–Trinajstić information content (AvgIpc) is 2.44. The number of hydrogen-bond acceptors (Lipinski definition) is 2. The van der Waals surface area contributed by atoms with E-state index in [-0.39, 0.29) is 0 Å². The van der Waals surface area contributed by atoms with Crippen LogP contribution in [0.2, 0.25) is 0 Å². The molecule has 0 spiro atoms. The fraction of sp³-hybridized carbons (Fsp3) is 0.471. The van der Waals surface area contributed by atoms with Crippen molar-refractivity contribution in [3.8, 4) is 0 Å². The Labute approximate surface area is 126 Å². The molecule has 0 heterocycles. The highest BCUT2D eigenvalue weighted by Gasteiger charge is 2.20. The topological polar surface area (TPSA) is 37.3 Å². The van der Waals surface area contributed by atoms with E-state index >= 15 is 0 Å². The summed E-state index contributed by atoms with van der Waals surface area (Å²) in [5.74, 6) is -0.0578. The van der Waals surface area contributed by atoms with Crippen molar-refractivity contribution in [2.45, 2.75) is 50.0 Å². The van der Waals surface area contributed by atoms with E-state index in [1.165, 1.54) is 24.6 Å². The van der Waals surface area contributed by atoms with E-state index in [9.17, 15) is 9.90 Å². The van der Waals surface area contributed by atoms with Gasteiger partial charge in [-0.05, 0) is 18.4 Å². The molecule has 0 bridgehead atoms. The van der Waals surface area contributed by atoms with E-state index in [1.807, 2.05) is 30.3 Å². The van der Waals surface area contributed by atoms with E-state index < -0.39 is 11.2 Å². The van der Waals surface area contributed by atoms with E-state index in [1.54, 1.807) is 0 Å². The number of carboxylic acid groups (broad SMARTS) is 1. The van der Waals surface area contributed by atoms with Crippen molar-refractivity contribution in [1.29, 1.82) is 0 Å². The Morgan fingerprint density at radius 1 is 1.25 bits per heavy atom. The van der Waals surface area contributed by atoms with Crippen LogP contribution in [0, 0.1) is 0 Å². The molecule has 0 aliphatic heterocycles. The Morgan fingerprint density at radius 3 is 2.55 bits per heavy atom. The van der Waals surface area contributed by atoms with Gasteiger partial charge in [0.1, 0.15) is 5.25 Å². The summed E-state index contributed by atoms with van der Waals surface area (Å²) in [7, 11) is 0. The lowest BCUT2D eigenvalue weighted by atomic mass is 10.1. The number of carboxylic acids is 1. The monoisotopic (exact) mass is 292 g/mol. The first-order chi connectivity index (χ1) is 9.65. The molecule has 3 heteroatoms. The van der Waals surface area contributed by atoms with Crippen LogP contribution in [0.15, 0.2) is 42.5 Å². The van der Waals surface area contributed by atoms with Gasteiger partial charge in [-0.25, -0.2) is 0 Å². The van der Waals surface area contributed by atoms with E-state index in [4.69, 9.17) is 0 Å². The van der Waals surface area contributed by atoms with Crippen LogP contribution in [0.3, 0.4) is 0 Å². The normalized spacial score (nSPS) is 12.1. The van der Waals surface area contributed by atoms with Crippen LogP contribution >= 0.6 is 11.8 Å². The average molecular weight is 292 g/mol. The second-order valence-electron chi connectivity index (χ2n) is 4.98. The molecule has 0 aliphatic rings. The summed E-state index contributed by atoms with van der Waals surface area (Å²) >= 11 is 1.46. The second kappa shape index (κ2) is 9.65. The molecule has 1 rings (SSSR count). The van der Waals surface area contributed by atoms with Crippen molar-refractivity contribution in [1.82, 2.24) is 0 Å². The molecule has 0 aliphatic carbocycles. The molecular weight excluding hydrogens is 268 g/mol. The Hall–Kier alpha value is -1.22. The molecular formula is C17H24O2S. The number of carbonyl (C=O) groups is 1. The lowest BCUT2D eigenvalue weighted by molar-refractivity contribution is -0.135. The third-order valence-electron chi connectivity index (χ3n) is 3.21. The van der Waals surface area contributed by atoms with Crippen molar-refractivity contribution in [2.75, 3.05) is 0 Å². The summed E-state index contributed by atoms with van der Waals surface area (Å²) < 4.78 is 0. The Bertz CT molecular complexity index is 414. The largest absolute Gasteiger partial charge is 0.480 e. The molecule has 0 fully saturated rings. The van der Waals surface area contributed by atoms with Gasteiger partial charge in [0, 0.05) is 5.75 Å². The van der Waals surface area contributed by atoms with E-state index in [0.717, 1.165) is 30.4 Å². The predicted molar refractivity (Wildman–Crippen MR) is 87.1 cm³/mol. The Morgan fingerprint density at radius 2 is 1.95 bits per heavy atom. The van der Waals surface area contributed by atoms with Crippen LogP contribution in [-0.2, 0) is 10.5 Å². The maximum atomic E-state index is 11.4. The van der Waals surface area contributed by atoms with Crippen molar-refractivity contribution in [3.63, 3.8) is 0 Å². The highest BCUT2D eigenvalue weighted by Crippen LogP contribution is 2.26. The Kier molecular flexibility index (Phi) is 8.12. The maximum absolute atomic E-state index is 11.4. The van der Waals surface area contributed by atoms with Gasteiger partial charge >= 0.3 is 5.97 Å². The Balaban J connectivity index is 2.43. The first-order valence-electron chi connectivity index (χ1n) is 7.21. The molecule has 0 aromatic heterocycles. The fourth-order valence-electron chi connectivity index (χ4n) is 2.03. The van der Waals surface area contributed by atoms with Crippen LogP contribution in [0.1, 0.15) is 44.6 Å². The summed E-state index contributed by atoms with van der Waals surface area (Å²) in [6.07, 6.45) is 5.42. The van der Waals surface area contributed by atoms with Gasteiger partial charge in [0.2, 0.25) is 0 Å². The predicted octanol–water partition coefficient (Wildman–Crippen LogP) is 4.90. The summed E-state index contributed by atoms with van der Waals surface area (Å²) in [5.41, 5.74) is 2.00. The smallest absolute Gasteiger partial charge is 0.320 e. The van der Waals surface area contributed by atoms with Gasteiger partial charge in [0.25, 0.3) is 0 Å². The third kappa shape index (κ3) is 6.29. The van der Waals surface area contributed by atoms with Gasteiger partial charge in [-0.15, -0.1) is 11.8 Å². The zero-order valence-corrected chi connectivity index (χ0v) is 13.0. The number of rotatable bonds is 10. The SMILES string of the molecule is C=C(CCCCCC)C(SCc1ccccc1)C(=O)O. The first-order valence-corrected chi connectivity index (χ1v) is 8.26. The minimum Gasteiger partial charge on any atom is -0.480 e. The van der Waals surface area contributed by atoms with E-state index in [0.29, 0.717) is 5.75 Å². The molecule has 0 amide bonds. The molecule has 2 nitrogen and oxygen atoms in total. The van der Waals surface area contributed by atoms with E-state index in [2.05, 4.69) is 13.5 Å². The van der Waals surface area contributed by atoms with Crippen LogP contribution in [-0.4, -0.2) is 16.3 Å². The summed E-state index contributed by atoms with van der Waals surface area (Å²) in [4.78, 5) is 11.4. The van der Waals surface area contributed by atoms with Gasteiger partial charge < -0.3 is 5.11 Å². The van der Waals surface area contributed by atoms with Crippen LogP contribution < -0.4 is 0 Å². The molecule has 0 saturated carbocycles. The highest BCUT2D eigenvalue weighted by atomic mass is 32.2. The fourth-order valence-corrected chi connectivity index (χ4v) is 3.08. The molecule has 1 atom stereocenters. The number of hydrogen-bond donors (Lipinski definition) is 1. The molecule has 1 aromatic carbocycles. The second-order valence-corrected chi connectivity index (χ2v) is 6.08. The quantitative estimate of drug-likeness (QED) is 0.492. The van der Waals surface area contributed by atoms with Gasteiger partial charge in [0.05, 0.1) is 0 Å². The minimum absolute atomic E-state index is 0.489. The first kappa shape index (κ1) is 16.8. The van der Waals surface area contributed by atoms with Crippen molar-refractivity contribution in [2.24, 2.45) is 0 Å². The van der Waals surface area contributed by atoms with Crippen LogP contribution in [0.4, 0.5) is 0 Å². The number of aliphatic carboxylic acids is 1. The van der Waals surface area contributed by atoms with Crippen molar-refractivity contribution < 1.29 is 9.90 Å². The maximum Gasteiger partial charge on any atom is 0.320 e.